The van der Waals surface area contributed by atoms with Gasteiger partial charge in [0.15, 0.2) is 0 Å². The third-order valence-corrected chi connectivity index (χ3v) is 7.66. The Balaban J connectivity index is 1.83. The van der Waals surface area contributed by atoms with Gasteiger partial charge in [0.25, 0.3) is 0 Å². The Morgan fingerprint density at radius 2 is 1.85 bits per heavy atom. The van der Waals surface area contributed by atoms with Crippen molar-refractivity contribution in [2.24, 2.45) is 11.8 Å². The Morgan fingerprint density at radius 1 is 1.09 bits per heavy atom. The number of ether oxygens (including phenoxy) is 1. The SMILES string of the molecule is C=C(CC)C(=O)OCCC(CCO)CC1CCC(c2ccc(CCCCC)c(CC)c2)CC1. The number of carbonyl (C=O) groups excluding carboxylic acids is 1. The zero-order valence-electron chi connectivity index (χ0n) is 21.5. The van der Waals surface area contributed by atoms with Gasteiger partial charge in [-0.25, -0.2) is 4.79 Å². The highest BCUT2D eigenvalue weighted by Gasteiger charge is 2.25. The molecule has 0 heterocycles. The van der Waals surface area contributed by atoms with E-state index in [1.54, 1.807) is 16.7 Å². The molecule has 1 N–H and O–H groups in total. The largest absolute Gasteiger partial charge is 0.462 e. The molecule has 186 valence electrons. The fraction of sp³-hybridized carbons (Fsp3) is 0.700. The van der Waals surface area contributed by atoms with Crippen LogP contribution in [0.1, 0.15) is 114 Å². The van der Waals surface area contributed by atoms with Crippen LogP contribution in [0.3, 0.4) is 0 Å². The van der Waals surface area contributed by atoms with Gasteiger partial charge < -0.3 is 9.84 Å². The zero-order chi connectivity index (χ0) is 24.1. The summed E-state index contributed by atoms with van der Waals surface area (Å²) in [5.74, 6) is 1.56. The van der Waals surface area contributed by atoms with Gasteiger partial charge in [0.1, 0.15) is 0 Å². The van der Waals surface area contributed by atoms with Gasteiger partial charge in [-0.05, 0) is 105 Å². The van der Waals surface area contributed by atoms with Crippen molar-refractivity contribution < 1.29 is 14.6 Å². The molecule has 1 aromatic rings. The summed E-state index contributed by atoms with van der Waals surface area (Å²) >= 11 is 0. The van der Waals surface area contributed by atoms with Gasteiger partial charge in [-0.1, -0.05) is 58.4 Å². The fourth-order valence-electron chi connectivity index (χ4n) is 5.37. The average Bonchev–Trinajstić information content (AvgIpc) is 2.84. The highest BCUT2D eigenvalue weighted by atomic mass is 16.5. The highest BCUT2D eigenvalue weighted by molar-refractivity contribution is 5.87. The molecule has 0 aromatic heterocycles. The van der Waals surface area contributed by atoms with Crippen molar-refractivity contribution in [3.8, 4) is 0 Å². The molecule has 1 aliphatic rings. The van der Waals surface area contributed by atoms with E-state index in [9.17, 15) is 9.90 Å². The molecule has 33 heavy (non-hydrogen) atoms. The lowest BCUT2D eigenvalue weighted by Crippen LogP contribution is -2.19. The van der Waals surface area contributed by atoms with Gasteiger partial charge in [0.2, 0.25) is 0 Å². The van der Waals surface area contributed by atoms with Crippen LogP contribution >= 0.6 is 0 Å². The van der Waals surface area contributed by atoms with E-state index >= 15 is 0 Å². The second-order valence-electron chi connectivity index (χ2n) is 10.1. The highest BCUT2D eigenvalue weighted by Crippen LogP contribution is 2.39. The van der Waals surface area contributed by atoms with Crippen molar-refractivity contribution >= 4 is 5.97 Å². The maximum Gasteiger partial charge on any atom is 0.333 e. The number of carbonyl (C=O) groups is 1. The Labute approximate surface area is 203 Å². The minimum Gasteiger partial charge on any atom is -0.462 e. The van der Waals surface area contributed by atoms with Crippen LogP contribution in [-0.2, 0) is 22.4 Å². The molecule has 3 nitrogen and oxygen atoms in total. The van der Waals surface area contributed by atoms with E-state index in [2.05, 4.69) is 38.6 Å². The lowest BCUT2D eigenvalue weighted by molar-refractivity contribution is -0.139. The number of unbranched alkanes of at least 4 members (excludes halogenated alkanes) is 2. The first-order valence-corrected chi connectivity index (χ1v) is 13.6. The molecule has 0 bridgehead atoms. The van der Waals surface area contributed by atoms with Crippen molar-refractivity contribution in [3.05, 3.63) is 47.0 Å². The molecular formula is C30H48O3. The normalized spacial score (nSPS) is 19.3. The molecule has 1 saturated carbocycles. The van der Waals surface area contributed by atoms with Gasteiger partial charge in [-0.2, -0.15) is 0 Å². The molecule has 0 amide bonds. The smallest absolute Gasteiger partial charge is 0.333 e. The third kappa shape index (κ3) is 9.27. The van der Waals surface area contributed by atoms with E-state index in [1.807, 2.05) is 6.92 Å². The summed E-state index contributed by atoms with van der Waals surface area (Å²) in [6, 6.07) is 7.31. The van der Waals surface area contributed by atoms with E-state index in [0.717, 1.165) is 31.6 Å². The molecule has 0 aliphatic heterocycles. The molecule has 3 heteroatoms. The van der Waals surface area contributed by atoms with Crippen LogP contribution in [0, 0.1) is 11.8 Å². The predicted octanol–water partition coefficient (Wildman–Crippen LogP) is 7.54. The molecule has 0 spiro atoms. The quantitative estimate of drug-likeness (QED) is 0.168. The lowest BCUT2D eigenvalue weighted by Gasteiger charge is -2.31. The Morgan fingerprint density at radius 3 is 2.48 bits per heavy atom. The molecule has 1 fully saturated rings. The number of aliphatic hydroxyl groups is 1. The summed E-state index contributed by atoms with van der Waals surface area (Å²) in [6.45, 7) is 10.9. The number of aryl methyl sites for hydroxylation is 2. The third-order valence-electron chi connectivity index (χ3n) is 7.66. The summed E-state index contributed by atoms with van der Waals surface area (Å²) in [7, 11) is 0. The van der Waals surface area contributed by atoms with Crippen molar-refractivity contribution in [1.82, 2.24) is 0 Å². The Bertz CT molecular complexity index is 715. The monoisotopic (exact) mass is 456 g/mol. The molecule has 2 rings (SSSR count). The van der Waals surface area contributed by atoms with Crippen LogP contribution in [0.15, 0.2) is 30.4 Å². The van der Waals surface area contributed by atoms with Gasteiger partial charge in [-0.15, -0.1) is 0 Å². The number of esters is 1. The van der Waals surface area contributed by atoms with Crippen LogP contribution in [0.5, 0.6) is 0 Å². The summed E-state index contributed by atoms with van der Waals surface area (Å²) in [6.07, 6.45) is 14.7. The van der Waals surface area contributed by atoms with Crippen LogP contribution in [0.4, 0.5) is 0 Å². The van der Waals surface area contributed by atoms with Crippen molar-refractivity contribution in [2.45, 2.75) is 110 Å². The van der Waals surface area contributed by atoms with Crippen LogP contribution in [-0.4, -0.2) is 24.3 Å². The van der Waals surface area contributed by atoms with Crippen LogP contribution in [0.2, 0.25) is 0 Å². The topological polar surface area (TPSA) is 46.5 Å². The van der Waals surface area contributed by atoms with E-state index in [0.29, 0.717) is 30.4 Å². The van der Waals surface area contributed by atoms with Gasteiger partial charge in [0.05, 0.1) is 6.61 Å². The fourth-order valence-corrected chi connectivity index (χ4v) is 5.37. The first kappa shape index (κ1) is 27.6. The summed E-state index contributed by atoms with van der Waals surface area (Å²) in [4.78, 5) is 11.8. The van der Waals surface area contributed by atoms with Crippen molar-refractivity contribution in [2.75, 3.05) is 13.2 Å². The Hall–Kier alpha value is -1.61. The Kier molecular flexibility index (Phi) is 12.8. The van der Waals surface area contributed by atoms with Gasteiger partial charge in [0, 0.05) is 12.2 Å². The number of hydrogen-bond donors (Lipinski definition) is 1. The van der Waals surface area contributed by atoms with E-state index in [4.69, 9.17) is 4.74 Å². The number of hydrogen-bond acceptors (Lipinski definition) is 3. The molecular weight excluding hydrogens is 408 g/mol. The molecule has 1 aromatic carbocycles. The number of aliphatic hydroxyl groups excluding tert-OH is 1. The first-order valence-electron chi connectivity index (χ1n) is 13.6. The average molecular weight is 457 g/mol. The minimum absolute atomic E-state index is 0.208. The maximum absolute atomic E-state index is 11.8. The summed E-state index contributed by atoms with van der Waals surface area (Å²) in [5.41, 5.74) is 5.18. The number of benzene rings is 1. The van der Waals surface area contributed by atoms with Gasteiger partial charge in [-0.3, -0.25) is 0 Å². The maximum atomic E-state index is 11.8. The minimum atomic E-state index is -0.274. The van der Waals surface area contributed by atoms with Crippen LogP contribution in [0.25, 0.3) is 0 Å². The molecule has 1 atom stereocenters. The molecule has 1 unspecified atom stereocenters. The predicted molar refractivity (Wildman–Crippen MR) is 139 cm³/mol. The first-order chi connectivity index (χ1) is 16.0. The van der Waals surface area contributed by atoms with Gasteiger partial charge >= 0.3 is 5.97 Å². The lowest BCUT2D eigenvalue weighted by atomic mass is 9.74. The second-order valence-corrected chi connectivity index (χ2v) is 10.1. The molecule has 0 radical (unpaired) electrons. The zero-order valence-corrected chi connectivity index (χ0v) is 21.5. The van der Waals surface area contributed by atoms with Crippen LogP contribution < -0.4 is 0 Å². The van der Waals surface area contributed by atoms with E-state index < -0.39 is 0 Å². The van der Waals surface area contributed by atoms with Crippen molar-refractivity contribution in [3.63, 3.8) is 0 Å². The second kappa shape index (κ2) is 15.3. The van der Waals surface area contributed by atoms with Crippen molar-refractivity contribution in [1.29, 1.82) is 0 Å². The van der Waals surface area contributed by atoms with E-state index in [1.165, 1.54) is 51.4 Å². The summed E-state index contributed by atoms with van der Waals surface area (Å²) < 4.78 is 5.38. The molecule has 0 saturated heterocycles. The molecule has 1 aliphatic carbocycles. The van der Waals surface area contributed by atoms with E-state index in [-0.39, 0.29) is 12.6 Å². The number of rotatable bonds is 15. The standard InChI is InChI=1S/C30H48O3/c1-5-8-9-10-27-15-16-29(22-26(27)7-3)28-13-11-24(12-14-28)21-25(17-19-31)18-20-33-30(32)23(4)6-2/h15-16,22,24-25,28,31H,4-14,17-21H2,1-3H3. The summed E-state index contributed by atoms with van der Waals surface area (Å²) in [5, 5.41) is 9.51.